The minimum absolute atomic E-state index is 0.291. The van der Waals surface area contributed by atoms with E-state index in [9.17, 15) is 4.79 Å². The van der Waals surface area contributed by atoms with Crippen molar-refractivity contribution in [2.24, 2.45) is 10.9 Å². The molecule has 31 heavy (non-hydrogen) atoms. The Morgan fingerprint density at radius 3 is 2.58 bits per heavy atom. The van der Waals surface area contributed by atoms with Crippen LogP contribution in [0.1, 0.15) is 45.4 Å². The van der Waals surface area contributed by atoms with Gasteiger partial charge in [0, 0.05) is 17.8 Å². The first-order valence-electron chi connectivity index (χ1n) is 10.6. The number of fused-ring (bicyclic) bond motifs is 3. The van der Waals surface area contributed by atoms with Gasteiger partial charge in [-0.25, -0.2) is 4.79 Å². The van der Waals surface area contributed by atoms with Crippen LogP contribution in [0, 0.1) is 5.92 Å². The predicted octanol–water partition coefficient (Wildman–Crippen LogP) is 6.05. The van der Waals surface area contributed by atoms with E-state index >= 15 is 0 Å². The Morgan fingerprint density at radius 1 is 1.03 bits per heavy atom. The van der Waals surface area contributed by atoms with Crippen LogP contribution >= 0.6 is 0 Å². The summed E-state index contributed by atoms with van der Waals surface area (Å²) in [6, 6.07) is 24.6. The maximum Gasteiger partial charge on any atom is 0.337 e. The average Bonchev–Trinajstić information content (AvgIpc) is 3.33. The maximum atomic E-state index is 11.5. The number of para-hydroxylation sites is 1. The van der Waals surface area contributed by atoms with Gasteiger partial charge in [-0.2, -0.15) is 0 Å². The summed E-state index contributed by atoms with van der Waals surface area (Å²) in [5, 5.41) is 3.76. The smallest absolute Gasteiger partial charge is 0.337 e. The molecule has 0 aromatic heterocycles. The van der Waals surface area contributed by atoms with Crippen LogP contribution in [0.3, 0.4) is 0 Å². The molecule has 0 radical (unpaired) electrons. The molecule has 1 aliphatic heterocycles. The van der Waals surface area contributed by atoms with E-state index in [1.165, 1.54) is 23.9 Å². The number of allylic oxidation sites excluding steroid dienone is 2. The normalized spacial score (nSPS) is 21.4. The fourth-order valence-corrected chi connectivity index (χ4v) is 4.61. The molecule has 0 bridgehead atoms. The Labute approximate surface area is 182 Å². The number of rotatable bonds is 4. The minimum Gasteiger partial charge on any atom is -0.465 e. The highest BCUT2D eigenvalue weighted by atomic mass is 16.5. The second-order valence-corrected chi connectivity index (χ2v) is 8.03. The Bertz CT molecular complexity index is 1150. The summed E-state index contributed by atoms with van der Waals surface area (Å²) < 4.78 is 4.73. The zero-order valence-corrected chi connectivity index (χ0v) is 17.4. The van der Waals surface area contributed by atoms with E-state index in [-0.39, 0.29) is 5.97 Å². The number of aliphatic imine (C=N–C) groups is 1. The van der Waals surface area contributed by atoms with Gasteiger partial charge < -0.3 is 10.1 Å². The fraction of sp³-hybridized carbons (Fsp3) is 0.185. The molecule has 0 saturated carbocycles. The molecule has 4 nitrogen and oxygen atoms in total. The number of carbonyl (C=O) groups excluding carboxylic acids is 1. The second kappa shape index (κ2) is 8.23. The van der Waals surface area contributed by atoms with E-state index in [2.05, 4.69) is 71.0 Å². The van der Waals surface area contributed by atoms with Gasteiger partial charge in [0.25, 0.3) is 0 Å². The van der Waals surface area contributed by atoms with Crippen LogP contribution in [0.25, 0.3) is 0 Å². The Morgan fingerprint density at radius 2 is 1.81 bits per heavy atom. The van der Waals surface area contributed by atoms with Gasteiger partial charge in [0.15, 0.2) is 0 Å². The highest BCUT2D eigenvalue weighted by Crippen LogP contribution is 2.49. The molecular weight excluding hydrogens is 384 g/mol. The lowest BCUT2D eigenvalue weighted by Crippen LogP contribution is -2.28. The summed E-state index contributed by atoms with van der Waals surface area (Å²) >= 11 is 0. The lowest BCUT2D eigenvalue weighted by atomic mass is 9.77. The quantitative estimate of drug-likeness (QED) is 0.325. The van der Waals surface area contributed by atoms with Gasteiger partial charge in [0.05, 0.1) is 24.4 Å². The van der Waals surface area contributed by atoms with Gasteiger partial charge in [-0.1, -0.05) is 54.6 Å². The molecule has 4 heteroatoms. The number of hydrogen-bond donors (Lipinski definition) is 1. The molecule has 0 unspecified atom stereocenters. The Hall–Kier alpha value is -3.66. The van der Waals surface area contributed by atoms with Crippen molar-refractivity contribution in [3.05, 3.63) is 107 Å². The molecule has 5 rings (SSSR count). The van der Waals surface area contributed by atoms with Crippen molar-refractivity contribution in [2.75, 3.05) is 12.4 Å². The van der Waals surface area contributed by atoms with Crippen molar-refractivity contribution in [3.8, 4) is 0 Å². The van der Waals surface area contributed by atoms with E-state index in [4.69, 9.17) is 4.74 Å². The number of benzene rings is 3. The number of nitrogens with zero attached hydrogens (tertiary/aromatic N) is 1. The van der Waals surface area contributed by atoms with Gasteiger partial charge in [-0.3, -0.25) is 4.99 Å². The number of methoxy groups -OCH3 is 1. The SMILES string of the molecule is COC(=O)c1ccc(C=Nc2ccc([C@@H]3Nc4ccccc4[C@@H]4C=CC[C@H]43)cc2)cc1. The molecule has 0 spiro atoms. The van der Waals surface area contributed by atoms with Gasteiger partial charge in [-0.05, 0) is 59.4 Å². The number of carbonyl (C=O) groups is 1. The van der Waals surface area contributed by atoms with Crippen molar-refractivity contribution >= 4 is 23.6 Å². The highest BCUT2D eigenvalue weighted by Gasteiger charge is 2.37. The summed E-state index contributed by atoms with van der Waals surface area (Å²) in [5.41, 5.74) is 6.29. The van der Waals surface area contributed by atoms with Crippen molar-refractivity contribution in [3.63, 3.8) is 0 Å². The summed E-state index contributed by atoms with van der Waals surface area (Å²) in [5.74, 6) is 0.684. The van der Waals surface area contributed by atoms with Crippen molar-refractivity contribution in [1.29, 1.82) is 0 Å². The monoisotopic (exact) mass is 408 g/mol. The largest absolute Gasteiger partial charge is 0.465 e. The third-order valence-electron chi connectivity index (χ3n) is 6.22. The third kappa shape index (κ3) is 3.77. The van der Waals surface area contributed by atoms with Gasteiger partial charge >= 0.3 is 5.97 Å². The van der Waals surface area contributed by atoms with E-state index in [0.717, 1.165) is 17.7 Å². The number of hydrogen-bond acceptors (Lipinski definition) is 4. The van der Waals surface area contributed by atoms with E-state index in [1.54, 1.807) is 12.1 Å². The molecule has 1 aliphatic carbocycles. The van der Waals surface area contributed by atoms with Crippen LogP contribution in [0.15, 0.2) is 89.9 Å². The van der Waals surface area contributed by atoms with Crippen LogP contribution in [0.5, 0.6) is 0 Å². The van der Waals surface area contributed by atoms with Crippen molar-refractivity contribution in [2.45, 2.75) is 18.4 Å². The third-order valence-corrected chi connectivity index (χ3v) is 6.22. The number of anilines is 1. The lowest BCUT2D eigenvalue weighted by molar-refractivity contribution is 0.0600. The second-order valence-electron chi connectivity index (χ2n) is 8.03. The number of esters is 1. The zero-order chi connectivity index (χ0) is 21.2. The molecule has 0 amide bonds. The standard InChI is InChI=1S/C27H24N2O2/c1-31-27(30)20-11-9-18(10-12-20)17-28-21-15-13-19(14-16-21)26-24-7-4-6-22(24)23-5-2-3-8-25(23)29-26/h2-6,8-17,22,24,26,29H,7H2,1H3/t22-,24+,26-/m0/s1. The number of nitrogens with one attached hydrogen (secondary N) is 1. The summed E-state index contributed by atoms with van der Waals surface area (Å²) in [6.07, 6.45) is 7.58. The summed E-state index contributed by atoms with van der Waals surface area (Å²) in [4.78, 5) is 16.1. The van der Waals surface area contributed by atoms with E-state index in [0.29, 0.717) is 23.4 Å². The first-order chi connectivity index (χ1) is 15.2. The van der Waals surface area contributed by atoms with Gasteiger partial charge in [0.1, 0.15) is 0 Å². The fourth-order valence-electron chi connectivity index (χ4n) is 4.61. The molecule has 3 aromatic carbocycles. The highest BCUT2D eigenvalue weighted by molar-refractivity contribution is 5.91. The predicted molar refractivity (Wildman–Crippen MR) is 124 cm³/mol. The molecule has 154 valence electrons. The van der Waals surface area contributed by atoms with Crippen LogP contribution in [-0.2, 0) is 4.74 Å². The molecule has 0 saturated heterocycles. The van der Waals surface area contributed by atoms with Crippen LogP contribution in [0.4, 0.5) is 11.4 Å². The molecule has 3 atom stereocenters. The van der Waals surface area contributed by atoms with Crippen LogP contribution in [-0.4, -0.2) is 19.3 Å². The van der Waals surface area contributed by atoms with Crippen LogP contribution < -0.4 is 5.32 Å². The van der Waals surface area contributed by atoms with E-state index < -0.39 is 0 Å². The summed E-state index contributed by atoms with van der Waals surface area (Å²) in [6.45, 7) is 0. The molecule has 1 N–H and O–H groups in total. The zero-order valence-electron chi connectivity index (χ0n) is 17.4. The Kier molecular flexibility index (Phi) is 5.13. The minimum atomic E-state index is -0.335. The van der Waals surface area contributed by atoms with Gasteiger partial charge in [0.2, 0.25) is 0 Å². The maximum absolute atomic E-state index is 11.5. The molecule has 2 aliphatic rings. The lowest BCUT2D eigenvalue weighted by Gasteiger charge is -2.37. The average molecular weight is 409 g/mol. The van der Waals surface area contributed by atoms with Crippen LogP contribution in [0.2, 0.25) is 0 Å². The molecular formula is C27H24N2O2. The molecule has 3 aromatic rings. The first kappa shape index (κ1) is 19.3. The molecule has 0 fully saturated rings. The van der Waals surface area contributed by atoms with Crippen molar-refractivity contribution < 1.29 is 9.53 Å². The first-order valence-corrected chi connectivity index (χ1v) is 10.6. The van der Waals surface area contributed by atoms with Crippen molar-refractivity contribution in [1.82, 2.24) is 0 Å². The molecule has 1 heterocycles. The number of ether oxygens (including phenoxy) is 1. The topological polar surface area (TPSA) is 50.7 Å². The summed E-state index contributed by atoms with van der Waals surface area (Å²) in [7, 11) is 1.38. The van der Waals surface area contributed by atoms with Gasteiger partial charge in [-0.15, -0.1) is 0 Å². The van der Waals surface area contributed by atoms with E-state index in [1.807, 2.05) is 18.3 Å². The Balaban J connectivity index is 1.32.